The normalized spacial score (nSPS) is 11.5. The Morgan fingerprint density at radius 2 is 1.63 bits per heavy atom. The number of hydrogen-bond donors (Lipinski definition) is 3. The first-order chi connectivity index (χ1) is 16.9. The molecule has 3 aromatic carbocycles. The number of hydrogen-bond acceptors (Lipinski definition) is 5. The average molecular weight is 488 g/mol. The van der Waals surface area contributed by atoms with Crippen LogP contribution in [0.4, 0.5) is 11.4 Å². The maximum atomic E-state index is 12.6. The Labute approximate surface area is 208 Å². The summed E-state index contributed by atoms with van der Waals surface area (Å²) in [4.78, 5) is 25.1. The van der Waals surface area contributed by atoms with E-state index in [1.807, 2.05) is 32.0 Å². The van der Waals surface area contributed by atoms with Gasteiger partial charge in [0.15, 0.2) is 10.9 Å². The number of rotatable bonds is 7. The lowest BCUT2D eigenvalue weighted by molar-refractivity contribution is 0.0975. The Hall–Kier alpha value is -4.17. The SMILES string of the molecule is CCC(C)Oc1ccc(C(=O)NC(=S)Nc2cccc(NC(=O)c3cc4ccccc4o3)c2)cc1. The zero-order valence-electron chi connectivity index (χ0n) is 19.3. The van der Waals surface area contributed by atoms with E-state index in [1.54, 1.807) is 60.7 Å². The molecule has 8 heteroatoms. The molecule has 2 amide bonds. The molecule has 0 aliphatic heterocycles. The number of amides is 2. The van der Waals surface area contributed by atoms with Crippen LogP contribution < -0.4 is 20.7 Å². The molecule has 0 fully saturated rings. The van der Waals surface area contributed by atoms with Crippen molar-refractivity contribution in [3.05, 3.63) is 90.2 Å². The lowest BCUT2D eigenvalue weighted by Crippen LogP contribution is -2.34. The number of carbonyl (C=O) groups is 2. The van der Waals surface area contributed by atoms with Crippen LogP contribution in [0.25, 0.3) is 11.0 Å². The van der Waals surface area contributed by atoms with Crippen LogP contribution in [0.5, 0.6) is 5.75 Å². The second-order valence-corrected chi connectivity index (χ2v) is 8.36. The first-order valence-electron chi connectivity index (χ1n) is 11.2. The Morgan fingerprint density at radius 1 is 0.914 bits per heavy atom. The first-order valence-corrected chi connectivity index (χ1v) is 11.6. The number of ether oxygens (including phenoxy) is 1. The molecule has 1 atom stereocenters. The molecule has 0 saturated heterocycles. The fourth-order valence-corrected chi connectivity index (χ4v) is 3.51. The average Bonchev–Trinajstić information content (AvgIpc) is 3.29. The van der Waals surface area contributed by atoms with Gasteiger partial charge in [-0.15, -0.1) is 0 Å². The Morgan fingerprint density at radius 3 is 2.34 bits per heavy atom. The van der Waals surface area contributed by atoms with Crippen molar-refractivity contribution in [1.82, 2.24) is 5.32 Å². The maximum absolute atomic E-state index is 12.6. The summed E-state index contributed by atoms with van der Waals surface area (Å²) in [5.74, 6) is 0.216. The molecular weight excluding hydrogens is 462 g/mol. The minimum atomic E-state index is -0.366. The number of benzene rings is 3. The molecule has 7 nitrogen and oxygen atoms in total. The molecule has 1 aromatic heterocycles. The summed E-state index contributed by atoms with van der Waals surface area (Å²) >= 11 is 5.29. The van der Waals surface area contributed by atoms with Crippen molar-refractivity contribution in [1.29, 1.82) is 0 Å². The van der Waals surface area contributed by atoms with Gasteiger partial charge in [0.25, 0.3) is 11.8 Å². The van der Waals surface area contributed by atoms with Gasteiger partial charge in [-0.3, -0.25) is 14.9 Å². The summed E-state index contributed by atoms with van der Waals surface area (Å²) in [6.45, 7) is 4.04. The summed E-state index contributed by atoms with van der Waals surface area (Å²) < 4.78 is 11.3. The number of thiocarbonyl (C=S) groups is 1. The zero-order chi connectivity index (χ0) is 24.8. The molecular formula is C27H25N3O4S. The molecule has 4 rings (SSSR count). The van der Waals surface area contributed by atoms with Crippen LogP contribution in [0.3, 0.4) is 0 Å². The fraction of sp³-hybridized carbons (Fsp3) is 0.148. The van der Waals surface area contributed by atoms with Crippen molar-refractivity contribution in [2.45, 2.75) is 26.4 Å². The summed E-state index contributed by atoms with van der Waals surface area (Å²) in [7, 11) is 0. The highest BCUT2D eigenvalue weighted by Crippen LogP contribution is 2.21. The van der Waals surface area contributed by atoms with Crippen molar-refractivity contribution in [2.24, 2.45) is 0 Å². The van der Waals surface area contributed by atoms with Gasteiger partial charge in [-0.05, 0) is 80.2 Å². The lowest BCUT2D eigenvalue weighted by atomic mass is 10.2. The highest BCUT2D eigenvalue weighted by molar-refractivity contribution is 7.80. The van der Waals surface area contributed by atoms with Crippen LogP contribution in [-0.2, 0) is 0 Å². The Bertz CT molecular complexity index is 1330. The van der Waals surface area contributed by atoms with Crippen LogP contribution in [0, 0.1) is 0 Å². The number of anilines is 2. The second-order valence-electron chi connectivity index (χ2n) is 7.95. The number of furan rings is 1. The van der Waals surface area contributed by atoms with Gasteiger partial charge >= 0.3 is 0 Å². The third-order valence-electron chi connectivity index (χ3n) is 5.28. The van der Waals surface area contributed by atoms with Crippen LogP contribution >= 0.6 is 12.2 Å². The Kier molecular flexibility index (Phi) is 7.42. The van der Waals surface area contributed by atoms with Crippen molar-refractivity contribution < 1.29 is 18.7 Å². The van der Waals surface area contributed by atoms with Gasteiger partial charge in [0, 0.05) is 22.3 Å². The van der Waals surface area contributed by atoms with Crippen molar-refractivity contribution in [3.63, 3.8) is 0 Å². The first kappa shape index (κ1) is 24.0. The minimum absolute atomic E-state index is 0.103. The van der Waals surface area contributed by atoms with Crippen molar-refractivity contribution in [2.75, 3.05) is 10.6 Å². The molecule has 3 N–H and O–H groups in total. The van der Waals surface area contributed by atoms with Gasteiger partial charge in [0.2, 0.25) is 0 Å². The molecule has 0 aliphatic rings. The van der Waals surface area contributed by atoms with E-state index in [1.165, 1.54) is 0 Å². The topological polar surface area (TPSA) is 92.6 Å². The molecule has 1 heterocycles. The third kappa shape index (κ3) is 6.24. The predicted molar refractivity (Wildman–Crippen MR) is 141 cm³/mol. The Balaban J connectivity index is 1.34. The maximum Gasteiger partial charge on any atom is 0.291 e. The van der Waals surface area contributed by atoms with Gasteiger partial charge < -0.3 is 19.8 Å². The highest BCUT2D eigenvalue weighted by Gasteiger charge is 2.13. The molecule has 0 spiro atoms. The van der Waals surface area contributed by atoms with Crippen molar-refractivity contribution >= 4 is 51.5 Å². The summed E-state index contributed by atoms with van der Waals surface area (Å²) in [5, 5.41) is 9.41. The zero-order valence-corrected chi connectivity index (χ0v) is 20.1. The molecule has 0 aliphatic carbocycles. The smallest absolute Gasteiger partial charge is 0.291 e. The van der Waals surface area contributed by atoms with E-state index >= 15 is 0 Å². The van der Waals surface area contributed by atoms with E-state index in [-0.39, 0.29) is 28.8 Å². The van der Waals surface area contributed by atoms with E-state index in [4.69, 9.17) is 21.4 Å². The van der Waals surface area contributed by atoms with Gasteiger partial charge in [0.1, 0.15) is 11.3 Å². The minimum Gasteiger partial charge on any atom is -0.491 e. The van der Waals surface area contributed by atoms with E-state index in [0.29, 0.717) is 28.3 Å². The van der Waals surface area contributed by atoms with Gasteiger partial charge in [-0.2, -0.15) is 0 Å². The number of fused-ring (bicyclic) bond motifs is 1. The summed E-state index contributed by atoms with van der Waals surface area (Å²) in [6, 6.07) is 23.0. The monoisotopic (exact) mass is 487 g/mol. The fourth-order valence-electron chi connectivity index (χ4n) is 3.30. The number of para-hydroxylation sites is 1. The molecule has 0 radical (unpaired) electrons. The van der Waals surface area contributed by atoms with Gasteiger partial charge in [0.05, 0.1) is 6.10 Å². The standard InChI is InChI=1S/C27H25N3O4S/c1-3-17(2)33-22-13-11-18(12-14-22)25(31)30-27(35)29-21-9-6-8-20(16-21)28-26(32)24-15-19-7-4-5-10-23(19)34-24/h4-17H,3H2,1-2H3,(H,28,32)(H2,29,30,31,35). The molecule has 4 aromatic rings. The van der Waals surface area contributed by atoms with Crippen LogP contribution in [0.2, 0.25) is 0 Å². The lowest BCUT2D eigenvalue weighted by Gasteiger charge is -2.13. The third-order valence-corrected chi connectivity index (χ3v) is 5.49. The number of carbonyl (C=O) groups excluding carboxylic acids is 2. The van der Waals surface area contributed by atoms with Crippen LogP contribution in [-0.4, -0.2) is 23.0 Å². The van der Waals surface area contributed by atoms with Crippen LogP contribution in [0.15, 0.2) is 83.3 Å². The highest BCUT2D eigenvalue weighted by atomic mass is 32.1. The second kappa shape index (κ2) is 10.8. The number of nitrogens with one attached hydrogen (secondary N) is 3. The summed E-state index contributed by atoms with van der Waals surface area (Å²) in [6.07, 6.45) is 0.998. The molecule has 0 saturated carbocycles. The summed E-state index contributed by atoms with van der Waals surface area (Å²) in [5.41, 5.74) is 2.26. The molecule has 0 bridgehead atoms. The van der Waals surface area contributed by atoms with E-state index in [9.17, 15) is 9.59 Å². The molecule has 35 heavy (non-hydrogen) atoms. The largest absolute Gasteiger partial charge is 0.491 e. The van der Waals surface area contributed by atoms with E-state index in [2.05, 4.69) is 16.0 Å². The van der Waals surface area contributed by atoms with Gasteiger partial charge in [-0.25, -0.2) is 0 Å². The van der Waals surface area contributed by atoms with Crippen LogP contribution in [0.1, 0.15) is 41.2 Å². The van der Waals surface area contributed by atoms with Crippen molar-refractivity contribution in [3.8, 4) is 5.75 Å². The molecule has 1 unspecified atom stereocenters. The van der Waals surface area contributed by atoms with E-state index < -0.39 is 0 Å². The van der Waals surface area contributed by atoms with E-state index in [0.717, 1.165) is 11.8 Å². The molecule has 178 valence electrons. The quantitative estimate of drug-likeness (QED) is 0.277. The predicted octanol–water partition coefficient (Wildman–Crippen LogP) is 5.99. The van der Waals surface area contributed by atoms with Gasteiger partial charge in [-0.1, -0.05) is 31.2 Å².